The van der Waals surface area contributed by atoms with E-state index in [1.807, 2.05) is 36.4 Å². The molecular weight excluding hydrogens is 592 g/mol. The number of hydrogen-bond acceptors (Lipinski definition) is 7. The summed E-state index contributed by atoms with van der Waals surface area (Å²) in [7, 11) is 3.24. The Hall–Kier alpha value is -3.27. The summed E-state index contributed by atoms with van der Waals surface area (Å²) in [6, 6.07) is 17.8. The Balaban J connectivity index is 1.52. The van der Waals surface area contributed by atoms with Gasteiger partial charge in [-0.1, -0.05) is 23.7 Å². The van der Waals surface area contributed by atoms with Crippen molar-refractivity contribution in [2.24, 2.45) is 4.99 Å². The van der Waals surface area contributed by atoms with Crippen molar-refractivity contribution in [3.05, 3.63) is 91.8 Å². The third-order valence-corrected chi connectivity index (χ3v) is 7.35. The SMILES string of the molecule is CCOC(=O)c1ccc(N=C2SC(=Cc3cc(Br)c(OCc4ccc(Cl)cc4)c(OC)c3)C(=O)N2C)cc1. The van der Waals surface area contributed by atoms with Gasteiger partial charge in [0, 0.05) is 12.1 Å². The average Bonchev–Trinajstić information content (AvgIpc) is 3.16. The van der Waals surface area contributed by atoms with Crippen LogP contribution >= 0.6 is 39.3 Å². The number of carbonyl (C=O) groups excluding carboxylic acids is 2. The third-order valence-electron chi connectivity index (χ3n) is 5.45. The summed E-state index contributed by atoms with van der Waals surface area (Å²) in [5.41, 5.74) is 2.79. The van der Waals surface area contributed by atoms with E-state index >= 15 is 0 Å². The fourth-order valence-electron chi connectivity index (χ4n) is 3.50. The second-order valence-corrected chi connectivity index (χ2v) is 10.4. The van der Waals surface area contributed by atoms with Gasteiger partial charge in [-0.2, -0.15) is 0 Å². The molecule has 7 nitrogen and oxygen atoms in total. The second-order valence-electron chi connectivity index (χ2n) is 8.09. The molecule has 0 unspecified atom stereocenters. The number of amidine groups is 1. The van der Waals surface area contributed by atoms with Crippen LogP contribution in [0.1, 0.15) is 28.4 Å². The van der Waals surface area contributed by atoms with Crippen LogP contribution in [0.5, 0.6) is 11.5 Å². The third kappa shape index (κ3) is 6.59. The second kappa shape index (κ2) is 12.5. The van der Waals surface area contributed by atoms with E-state index in [2.05, 4.69) is 20.9 Å². The van der Waals surface area contributed by atoms with E-state index in [0.717, 1.165) is 11.1 Å². The van der Waals surface area contributed by atoms with Crippen LogP contribution in [0.25, 0.3) is 6.08 Å². The fourth-order valence-corrected chi connectivity index (χ4v) is 5.19. The Morgan fingerprint density at radius 2 is 1.84 bits per heavy atom. The van der Waals surface area contributed by atoms with Gasteiger partial charge in [0.1, 0.15) is 6.61 Å². The van der Waals surface area contributed by atoms with E-state index in [1.54, 1.807) is 51.4 Å². The van der Waals surface area contributed by atoms with Gasteiger partial charge in [-0.05, 0) is 100 Å². The van der Waals surface area contributed by atoms with Crippen LogP contribution in [0.2, 0.25) is 5.02 Å². The van der Waals surface area contributed by atoms with Crippen LogP contribution < -0.4 is 9.47 Å². The molecule has 0 radical (unpaired) electrons. The van der Waals surface area contributed by atoms with E-state index in [-0.39, 0.29) is 11.9 Å². The van der Waals surface area contributed by atoms with E-state index < -0.39 is 0 Å². The molecule has 38 heavy (non-hydrogen) atoms. The minimum absolute atomic E-state index is 0.171. The standard InChI is InChI=1S/C28H24BrClN2O5S/c1-4-36-27(34)19-7-11-21(12-8-19)31-28-32(2)26(33)24(38-28)15-18-13-22(29)25(23(14-18)35-3)37-16-17-5-9-20(30)10-6-17/h5-15H,4,16H2,1-3H3. The number of ether oxygens (including phenoxy) is 3. The lowest BCUT2D eigenvalue weighted by molar-refractivity contribution is -0.121. The molecule has 1 saturated heterocycles. The zero-order chi connectivity index (χ0) is 27.2. The number of rotatable bonds is 8. The van der Waals surface area contributed by atoms with Crippen LogP contribution in [-0.2, 0) is 16.1 Å². The molecule has 196 valence electrons. The Morgan fingerprint density at radius 1 is 1.13 bits per heavy atom. The van der Waals surface area contributed by atoms with Crippen molar-refractivity contribution in [3.63, 3.8) is 0 Å². The zero-order valence-corrected chi connectivity index (χ0v) is 24.0. The lowest BCUT2D eigenvalue weighted by atomic mass is 10.1. The molecule has 1 heterocycles. The number of benzene rings is 3. The molecule has 0 spiro atoms. The van der Waals surface area contributed by atoms with Crippen molar-refractivity contribution < 1.29 is 23.8 Å². The first-order valence-corrected chi connectivity index (χ1v) is 13.6. The van der Waals surface area contributed by atoms with Gasteiger partial charge in [-0.3, -0.25) is 9.69 Å². The summed E-state index contributed by atoms with van der Waals surface area (Å²) < 4.78 is 17.3. The van der Waals surface area contributed by atoms with Crippen molar-refractivity contribution >= 4 is 68.1 Å². The number of aliphatic imine (C=N–C) groups is 1. The van der Waals surface area contributed by atoms with Crippen LogP contribution in [-0.4, -0.2) is 42.7 Å². The molecule has 0 aliphatic carbocycles. The molecule has 0 atom stereocenters. The number of amides is 1. The highest BCUT2D eigenvalue weighted by Gasteiger charge is 2.30. The summed E-state index contributed by atoms with van der Waals surface area (Å²) in [4.78, 5) is 31.4. The number of esters is 1. The van der Waals surface area contributed by atoms with Crippen molar-refractivity contribution in [3.8, 4) is 11.5 Å². The van der Waals surface area contributed by atoms with Gasteiger partial charge in [0.15, 0.2) is 16.7 Å². The van der Waals surface area contributed by atoms with Crippen LogP contribution in [0.15, 0.2) is 75.0 Å². The van der Waals surface area contributed by atoms with Crippen molar-refractivity contribution in [2.45, 2.75) is 13.5 Å². The molecule has 1 amide bonds. The molecule has 3 aromatic carbocycles. The average molecular weight is 616 g/mol. The first-order chi connectivity index (χ1) is 18.3. The largest absolute Gasteiger partial charge is 0.493 e. The first kappa shape index (κ1) is 27.8. The van der Waals surface area contributed by atoms with Gasteiger partial charge in [-0.25, -0.2) is 9.79 Å². The van der Waals surface area contributed by atoms with Gasteiger partial charge in [0.25, 0.3) is 5.91 Å². The molecule has 0 aromatic heterocycles. The van der Waals surface area contributed by atoms with Crippen molar-refractivity contribution in [1.29, 1.82) is 0 Å². The molecule has 1 aliphatic heterocycles. The van der Waals surface area contributed by atoms with Gasteiger partial charge in [0.05, 0.1) is 34.3 Å². The number of nitrogens with zero attached hydrogens (tertiary/aromatic N) is 2. The maximum Gasteiger partial charge on any atom is 0.338 e. The molecule has 0 saturated carbocycles. The number of thioether (sulfide) groups is 1. The molecule has 0 bridgehead atoms. The Morgan fingerprint density at radius 3 is 2.50 bits per heavy atom. The lowest BCUT2D eigenvalue weighted by Gasteiger charge is -2.14. The Bertz CT molecular complexity index is 1410. The molecule has 1 fully saturated rings. The quantitative estimate of drug-likeness (QED) is 0.199. The normalized spacial score (nSPS) is 15.3. The molecule has 3 aromatic rings. The maximum absolute atomic E-state index is 12.9. The van der Waals surface area contributed by atoms with Gasteiger partial charge < -0.3 is 14.2 Å². The number of likely N-dealkylation sites (N-methyl/N-ethyl adjacent to an activating group) is 1. The summed E-state index contributed by atoms with van der Waals surface area (Å²) >= 11 is 10.8. The van der Waals surface area contributed by atoms with Gasteiger partial charge in [0.2, 0.25) is 0 Å². The predicted octanol–water partition coefficient (Wildman–Crippen LogP) is 7.10. The maximum atomic E-state index is 12.9. The highest BCUT2D eigenvalue weighted by molar-refractivity contribution is 9.10. The minimum atomic E-state index is -0.387. The topological polar surface area (TPSA) is 77.4 Å². The Labute approximate surface area is 238 Å². The monoisotopic (exact) mass is 614 g/mol. The molecule has 4 rings (SSSR count). The molecule has 1 aliphatic rings. The molecular formula is C28H24BrClN2O5S. The van der Waals surface area contributed by atoms with E-state index in [1.165, 1.54) is 16.7 Å². The van der Waals surface area contributed by atoms with Crippen LogP contribution in [0.3, 0.4) is 0 Å². The van der Waals surface area contributed by atoms with Crippen LogP contribution in [0.4, 0.5) is 5.69 Å². The minimum Gasteiger partial charge on any atom is -0.493 e. The highest BCUT2D eigenvalue weighted by atomic mass is 79.9. The number of halogens is 2. The van der Waals surface area contributed by atoms with E-state index in [9.17, 15) is 9.59 Å². The number of carbonyl (C=O) groups is 2. The number of methoxy groups -OCH3 is 1. The highest BCUT2D eigenvalue weighted by Crippen LogP contribution is 2.39. The Kier molecular flexibility index (Phi) is 9.14. The molecule has 0 N–H and O–H groups in total. The summed E-state index contributed by atoms with van der Waals surface area (Å²) in [6.07, 6.45) is 1.78. The number of hydrogen-bond donors (Lipinski definition) is 0. The van der Waals surface area contributed by atoms with Gasteiger partial charge in [-0.15, -0.1) is 0 Å². The van der Waals surface area contributed by atoms with Gasteiger partial charge >= 0.3 is 5.97 Å². The lowest BCUT2D eigenvalue weighted by Crippen LogP contribution is -2.23. The molecule has 10 heteroatoms. The predicted molar refractivity (Wildman–Crippen MR) is 154 cm³/mol. The smallest absolute Gasteiger partial charge is 0.338 e. The van der Waals surface area contributed by atoms with E-state index in [4.69, 9.17) is 25.8 Å². The fraction of sp³-hybridized carbons (Fsp3) is 0.179. The van der Waals surface area contributed by atoms with E-state index in [0.29, 0.717) is 55.5 Å². The summed E-state index contributed by atoms with van der Waals surface area (Å²) in [6.45, 7) is 2.41. The van der Waals surface area contributed by atoms with Crippen LogP contribution in [0, 0.1) is 0 Å². The first-order valence-electron chi connectivity index (χ1n) is 11.6. The summed E-state index contributed by atoms with van der Waals surface area (Å²) in [5, 5.41) is 1.19. The van der Waals surface area contributed by atoms with Crippen molar-refractivity contribution in [2.75, 3.05) is 20.8 Å². The zero-order valence-electron chi connectivity index (χ0n) is 20.9. The van der Waals surface area contributed by atoms with Crippen molar-refractivity contribution in [1.82, 2.24) is 4.90 Å². The summed E-state index contributed by atoms with van der Waals surface area (Å²) in [5.74, 6) is 0.526.